The Kier molecular flexibility index (Phi) is 7.31. The van der Waals surface area contributed by atoms with Crippen molar-refractivity contribution in [3.63, 3.8) is 0 Å². The lowest BCUT2D eigenvalue weighted by molar-refractivity contribution is 0.251. The van der Waals surface area contributed by atoms with E-state index >= 15 is 0 Å². The highest BCUT2D eigenvalue weighted by atomic mass is 15.3. The lowest BCUT2D eigenvalue weighted by Crippen LogP contribution is -2.40. The van der Waals surface area contributed by atoms with Gasteiger partial charge in [0.2, 0.25) is 0 Å². The van der Waals surface area contributed by atoms with E-state index in [1.54, 1.807) is 0 Å². The molecule has 2 heterocycles. The molecule has 1 N–H and O–H groups in total. The Morgan fingerprint density at radius 1 is 1.28 bits per heavy atom. The number of aliphatic imine (C=N–C) groups is 1. The van der Waals surface area contributed by atoms with Gasteiger partial charge in [0.15, 0.2) is 5.96 Å². The number of hydrogen-bond acceptors (Lipinski definition) is 3. The first kappa shape index (κ1) is 21.4. The quantitative estimate of drug-likeness (QED) is 0.444. The zero-order valence-electron chi connectivity index (χ0n) is 18.6. The van der Waals surface area contributed by atoms with E-state index in [2.05, 4.69) is 76.6 Å². The van der Waals surface area contributed by atoms with E-state index in [0.29, 0.717) is 5.92 Å². The van der Waals surface area contributed by atoms with Crippen molar-refractivity contribution in [2.75, 3.05) is 33.7 Å². The number of nitrogens with zero attached hydrogens (tertiary/aromatic N) is 5. The van der Waals surface area contributed by atoms with Crippen LogP contribution in [0.3, 0.4) is 0 Å². The van der Waals surface area contributed by atoms with Crippen LogP contribution in [0.15, 0.2) is 35.5 Å². The highest BCUT2D eigenvalue weighted by molar-refractivity contribution is 5.79. The molecular formula is C23H36N6. The highest BCUT2D eigenvalue weighted by Gasteiger charge is 2.16. The molecule has 0 spiro atoms. The summed E-state index contributed by atoms with van der Waals surface area (Å²) >= 11 is 0. The Balaban J connectivity index is 1.45. The third-order valence-corrected chi connectivity index (χ3v) is 5.61. The fourth-order valence-corrected chi connectivity index (χ4v) is 4.13. The molecule has 158 valence electrons. The van der Waals surface area contributed by atoms with Gasteiger partial charge in [0.25, 0.3) is 0 Å². The summed E-state index contributed by atoms with van der Waals surface area (Å²) in [6.45, 7) is 9.47. The van der Waals surface area contributed by atoms with Gasteiger partial charge in [-0.05, 0) is 29.9 Å². The second-order valence-corrected chi connectivity index (χ2v) is 8.35. The van der Waals surface area contributed by atoms with Gasteiger partial charge in [-0.15, -0.1) is 0 Å². The van der Waals surface area contributed by atoms with Gasteiger partial charge in [-0.2, -0.15) is 5.10 Å². The van der Waals surface area contributed by atoms with Gasteiger partial charge in [0, 0.05) is 65.6 Å². The van der Waals surface area contributed by atoms with Crippen molar-refractivity contribution in [1.82, 2.24) is 24.9 Å². The molecule has 0 atom stereocenters. The SMILES string of the molecule is CN=C(NCCCN1CCc2ccccc2C1)N(C)Cc1cn(C)nc1C(C)C. The molecule has 0 fully saturated rings. The molecule has 1 aliphatic rings. The molecule has 1 aromatic heterocycles. The predicted octanol–water partition coefficient (Wildman–Crippen LogP) is 3.00. The molecule has 1 aliphatic heterocycles. The van der Waals surface area contributed by atoms with Crippen molar-refractivity contribution in [1.29, 1.82) is 0 Å². The summed E-state index contributed by atoms with van der Waals surface area (Å²) in [4.78, 5) is 9.21. The molecule has 0 saturated heterocycles. The van der Waals surface area contributed by atoms with E-state index < -0.39 is 0 Å². The number of aromatic nitrogens is 2. The number of rotatable bonds is 7. The van der Waals surface area contributed by atoms with Crippen LogP contribution < -0.4 is 5.32 Å². The Morgan fingerprint density at radius 3 is 2.76 bits per heavy atom. The first-order valence-corrected chi connectivity index (χ1v) is 10.7. The number of aryl methyl sites for hydroxylation is 1. The average molecular weight is 397 g/mol. The van der Waals surface area contributed by atoms with E-state index in [1.807, 2.05) is 18.8 Å². The molecule has 1 aromatic carbocycles. The number of fused-ring (bicyclic) bond motifs is 1. The van der Waals surface area contributed by atoms with E-state index in [9.17, 15) is 0 Å². The van der Waals surface area contributed by atoms with Gasteiger partial charge >= 0.3 is 0 Å². The first-order chi connectivity index (χ1) is 14.0. The van der Waals surface area contributed by atoms with Crippen molar-refractivity contribution in [3.8, 4) is 0 Å². The van der Waals surface area contributed by atoms with Crippen molar-refractivity contribution in [3.05, 3.63) is 52.8 Å². The van der Waals surface area contributed by atoms with Crippen LogP contribution in [0.4, 0.5) is 0 Å². The second-order valence-electron chi connectivity index (χ2n) is 8.35. The highest BCUT2D eigenvalue weighted by Crippen LogP contribution is 2.19. The van der Waals surface area contributed by atoms with Crippen molar-refractivity contribution in [2.24, 2.45) is 12.0 Å². The van der Waals surface area contributed by atoms with E-state index in [1.165, 1.54) is 22.4 Å². The average Bonchev–Trinajstić information content (AvgIpc) is 3.08. The number of guanidine groups is 1. The van der Waals surface area contributed by atoms with E-state index in [-0.39, 0.29) is 0 Å². The van der Waals surface area contributed by atoms with Crippen LogP contribution in [0.25, 0.3) is 0 Å². The molecular weight excluding hydrogens is 360 g/mol. The Morgan fingerprint density at radius 2 is 2.03 bits per heavy atom. The van der Waals surface area contributed by atoms with Crippen molar-refractivity contribution >= 4 is 5.96 Å². The predicted molar refractivity (Wildman–Crippen MR) is 120 cm³/mol. The van der Waals surface area contributed by atoms with Crippen molar-refractivity contribution < 1.29 is 0 Å². The second kappa shape index (κ2) is 9.92. The Labute approximate surface area is 175 Å². The first-order valence-electron chi connectivity index (χ1n) is 10.7. The lowest BCUT2D eigenvalue weighted by atomic mass is 10.00. The van der Waals surface area contributed by atoms with Gasteiger partial charge in [-0.25, -0.2) is 0 Å². The fraction of sp³-hybridized carbons (Fsp3) is 0.565. The Bertz CT molecular complexity index is 823. The van der Waals surface area contributed by atoms with Gasteiger partial charge in [-0.3, -0.25) is 14.6 Å². The van der Waals surface area contributed by atoms with Crippen LogP contribution in [0.1, 0.15) is 48.6 Å². The van der Waals surface area contributed by atoms with Crippen LogP contribution >= 0.6 is 0 Å². The summed E-state index contributed by atoms with van der Waals surface area (Å²) in [5.41, 5.74) is 5.43. The molecule has 0 saturated carbocycles. The summed E-state index contributed by atoms with van der Waals surface area (Å²) < 4.78 is 1.91. The molecule has 29 heavy (non-hydrogen) atoms. The maximum Gasteiger partial charge on any atom is 0.193 e. The summed E-state index contributed by atoms with van der Waals surface area (Å²) in [5.74, 6) is 1.36. The minimum Gasteiger partial charge on any atom is -0.356 e. The van der Waals surface area contributed by atoms with Crippen molar-refractivity contribution in [2.45, 2.75) is 45.7 Å². The third-order valence-electron chi connectivity index (χ3n) is 5.61. The van der Waals surface area contributed by atoms with Gasteiger partial charge in [0.1, 0.15) is 0 Å². The third kappa shape index (κ3) is 5.60. The normalized spacial score (nSPS) is 14.9. The fourth-order valence-electron chi connectivity index (χ4n) is 4.13. The summed E-state index contributed by atoms with van der Waals surface area (Å²) in [6.07, 6.45) is 4.39. The summed E-state index contributed by atoms with van der Waals surface area (Å²) in [5, 5.41) is 8.14. The number of hydrogen-bond donors (Lipinski definition) is 1. The molecule has 6 heteroatoms. The topological polar surface area (TPSA) is 48.7 Å². The molecule has 3 rings (SSSR count). The molecule has 0 bridgehead atoms. The maximum atomic E-state index is 4.62. The van der Waals surface area contributed by atoms with E-state index in [0.717, 1.165) is 51.5 Å². The van der Waals surface area contributed by atoms with Crippen LogP contribution in [0.5, 0.6) is 0 Å². The van der Waals surface area contributed by atoms with Gasteiger partial charge in [-0.1, -0.05) is 38.1 Å². The molecule has 0 radical (unpaired) electrons. The lowest BCUT2D eigenvalue weighted by Gasteiger charge is -2.29. The largest absolute Gasteiger partial charge is 0.356 e. The van der Waals surface area contributed by atoms with Crippen LogP contribution in [0, 0.1) is 0 Å². The summed E-state index contributed by atoms with van der Waals surface area (Å²) in [7, 11) is 5.93. The molecule has 6 nitrogen and oxygen atoms in total. The number of nitrogens with one attached hydrogen (secondary N) is 1. The monoisotopic (exact) mass is 396 g/mol. The van der Waals surface area contributed by atoms with Crippen LogP contribution in [0.2, 0.25) is 0 Å². The smallest absolute Gasteiger partial charge is 0.193 e. The van der Waals surface area contributed by atoms with Crippen LogP contribution in [-0.2, 0) is 26.6 Å². The van der Waals surface area contributed by atoms with Crippen LogP contribution in [-0.4, -0.2) is 59.3 Å². The zero-order chi connectivity index (χ0) is 20.8. The standard InChI is InChI=1S/C23H36N6/c1-18(2)22-21(16-28(5)26-22)15-27(4)23(24-3)25-12-8-13-29-14-11-19-9-6-7-10-20(19)17-29/h6-7,9-10,16,18H,8,11-15,17H2,1-5H3,(H,24,25). The van der Waals surface area contributed by atoms with E-state index in [4.69, 9.17) is 0 Å². The van der Waals surface area contributed by atoms with Gasteiger partial charge < -0.3 is 10.2 Å². The minimum absolute atomic E-state index is 0.421. The molecule has 0 amide bonds. The Hall–Kier alpha value is -2.34. The minimum atomic E-state index is 0.421. The van der Waals surface area contributed by atoms with Gasteiger partial charge in [0.05, 0.1) is 5.69 Å². The zero-order valence-corrected chi connectivity index (χ0v) is 18.6. The number of benzene rings is 1. The molecule has 0 unspecified atom stereocenters. The summed E-state index contributed by atoms with van der Waals surface area (Å²) in [6, 6.07) is 8.83. The molecule has 2 aromatic rings. The molecule has 0 aliphatic carbocycles. The maximum absolute atomic E-state index is 4.62.